The molecule has 2 aromatic rings. The molecular formula is C28H46N3O6S2+. The lowest BCUT2D eigenvalue weighted by Gasteiger charge is -2.39. The Labute approximate surface area is 238 Å². The Hall–Kier alpha value is -2.34. The van der Waals surface area contributed by atoms with Gasteiger partial charge in [-0.3, -0.25) is 19.5 Å². The van der Waals surface area contributed by atoms with Gasteiger partial charge in [-0.2, -0.15) is 8.42 Å². The second-order valence-corrected chi connectivity index (χ2v) is 12.7. The van der Waals surface area contributed by atoms with Gasteiger partial charge >= 0.3 is 10.1 Å². The van der Waals surface area contributed by atoms with E-state index >= 15 is 0 Å². The van der Waals surface area contributed by atoms with E-state index in [-0.39, 0.29) is 22.0 Å². The number of rotatable bonds is 17. The van der Waals surface area contributed by atoms with Crippen molar-refractivity contribution in [3.63, 3.8) is 0 Å². The van der Waals surface area contributed by atoms with E-state index in [2.05, 4.69) is 33.0 Å². The van der Waals surface area contributed by atoms with Crippen LogP contribution < -0.4 is 5.32 Å². The minimum Gasteiger partial charge on any atom is -0.347 e. The summed E-state index contributed by atoms with van der Waals surface area (Å²) in [5, 5.41) is 13.2. The zero-order chi connectivity index (χ0) is 29.3. The average Bonchev–Trinajstić information content (AvgIpc) is 3.41. The smallest absolute Gasteiger partial charge is 0.304 e. The molecule has 0 saturated carbocycles. The van der Waals surface area contributed by atoms with E-state index in [1.54, 1.807) is 0 Å². The topological polar surface area (TPSA) is 127 Å². The maximum absolute atomic E-state index is 11.9. The van der Waals surface area contributed by atoms with Crippen molar-refractivity contribution in [2.45, 2.75) is 89.8 Å². The highest BCUT2D eigenvalue weighted by molar-refractivity contribution is 7.88. The van der Waals surface area contributed by atoms with Gasteiger partial charge in [0, 0.05) is 22.6 Å². The van der Waals surface area contributed by atoms with Crippen LogP contribution in [0, 0.1) is 10.1 Å². The lowest BCUT2D eigenvalue weighted by molar-refractivity contribution is -0.929. The zero-order valence-electron chi connectivity index (χ0n) is 23.9. The van der Waals surface area contributed by atoms with Crippen LogP contribution in [0.3, 0.4) is 0 Å². The Bertz CT molecular complexity index is 1080. The van der Waals surface area contributed by atoms with Gasteiger partial charge in [-0.1, -0.05) is 59.4 Å². The molecule has 2 rings (SSSR count). The third-order valence-corrected chi connectivity index (χ3v) is 8.98. The molecule has 1 amide bonds. The molecule has 0 saturated heterocycles. The van der Waals surface area contributed by atoms with Crippen molar-refractivity contribution in [1.82, 2.24) is 5.32 Å². The van der Waals surface area contributed by atoms with Crippen molar-refractivity contribution in [1.29, 1.82) is 0 Å². The Morgan fingerprint density at radius 3 is 1.85 bits per heavy atom. The van der Waals surface area contributed by atoms with Crippen LogP contribution in [0.4, 0.5) is 5.69 Å². The number of amides is 1. The second kappa shape index (κ2) is 18.1. The first kappa shape index (κ1) is 34.7. The standard InChI is InChI=1S/C16H36N.C12H10N2O6S2/c1-5-9-13-17(14-10-6-2,15-11-7-3)16-12-8-4;15-12(8-2-1-3-9(6-8)14(16)17)13-7-10-4-5-11(21-10)22(18,19)20/h5-16H2,1-4H3;1-6H,7H2,(H,13,15)(H,18,19,20)/q+1;. The van der Waals surface area contributed by atoms with Gasteiger partial charge in [0.1, 0.15) is 4.21 Å². The number of nitrogens with one attached hydrogen (secondary N) is 1. The molecule has 0 aliphatic carbocycles. The van der Waals surface area contributed by atoms with Gasteiger partial charge in [-0.05, 0) is 43.9 Å². The SMILES string of the molecule is CCCC[N+](CCCC)(CCCC)CCCC.O=C(NCc1ccc(S(=O)(=O)O)s1)c1cccc([N+](=O)[O-])c1. The van der Waals surface area contributed by atoms with Crippen molar-refractivity contribution < 1.29 is 27.2 Å². The third kappa shape index (κ3) is 13.0. The molecule has 9 nitrogen and oxygen atoms in total. The van der Waals surface area contributed by atoms with Crippen LogP contribution in [0.2, 0.25) is 0 Å². The molecule has 0 aliphatic rings. The summed E-state index contributed by atoms with van der Waals surface area (Å²) >= 11 is 0.824. The number of nitro benzene ring substituents is 1. The van der Waals surface area contributed by atoms with Gasteiger partial charge in [-0.25, -0.2) is 0 Å². The van der Waals surface area contributed by atoms with E-state index in [0.717, 1.165) is 17.4 Å². The molecule has 0 aliphatic heterocycles. The van der Waals surface area contributed by atoms with Crippen LogP contribution in [0.15, 0.2) is 40.6 Å². The fourth-order valence-electron chi connectivity index (χ4n) is 4.27. The van der Waals surface area contributed by atoms with Gasteiger partial charge in [0.05, 0.1) is 37.6 Å². The van der Waals surface area contributed by atoms with Crippen LogP contribution in [0.1, 0.15) is 94.3 Å². The highest BCUT2D eigenvalue weighted by Gasteiger charge is 2.24. The highest BCUT2D eigenvalue weighted by Crippen LogP contribution is 2.21. The predicted molar refractivity (Wildman–Crippen MR) is 158 cm³/mol. The first-order chi connectivity index (χ1) is 18.5. The first-order valence-corrected chi connectivity index (χ1v) is 16.2. The van der Waals surface area contributed by atoms with Gasteiger partial charge in [-0.15, -0.1) is 11.3 Å². The molecule has 1 aromatic heterocycles. The molecule has 220 valence electrons. The zero-order valence-corrected chi connectivity index (χ0v) is 25.5. The van der Waals surface area contributed by atoms with E-state index in [1.165, 1.54) is 112 Å². The highest BCUT2D eigenvalue weighted by atomic mass is 32.3. The van der Waals surface area contributed by atoms with Crippen molar-refractivity contribution in [3.8, 4) is 0 Å². The van der Waals surface area contributed by atoms with E-state index in [1.807, 2.05) is 0 Å². The van der Waals surface area contributed by atoms with Crippen molar-refractivity contribution >= 4 is 33.0 Å². The van der Waals surface area contributed by atoms with Gasteiger partial charge in [0.25, 0.3) is 11.6 Å². The summed E-state index contributed by atoms with van der Waals surface area (Å²) < 4.78 is 31.9. The summed E-state index contributed by atoms with van der Waals surface area (Å²) in [7, 11) is -4.26. The second-order valence-electron chi connectivity index (χ2n) is 9.84. The van der Waals surface area contributed by atoms with Gasteiger partial charge in [0.2, 0.25) is 0 Å². The molecule has 0 spiro atoms. The average molecular weight is 585 g/mol. The molecule has 1 heterocycles. The number of benzene rings is 1. The Balaban J connectivity index is 0.000000406. The molecule has 0 unspecified atom stereocenters. The molecule has 1 aromatic carbocycles. The third-order valence-electron chi connectivity index (χ3n) is 6.58. The number of thiophene rings is 1. The van der Waals surface area contributed by atoms with Crippen LogP contribution in [-0.4, -0.2) is 54.5 Å². The summed E-state index contributed by atoms with van der Waals surface area (Å²) in [6.07, 6.45) is 11.1. The van der Waals surface area contributed by atoms with Crippen LogP contribution in [0.25, 0.3) is 0 Å². The summed E-state index contributed by atoms with van der Waals surface area (Å²) in [6, 6.07) is 7.94. The van der Waals surface area contributed by atoms with Gasteiger partial charge < -0.3 is 9.80 Å². The van der Waals surface area contributed by atoms with Crippen LogP contribution in [0.5, 0.6) is 0 Å². The molecule has 2 N–H and O–H groups in total. The number of hydrogen-bond acceptors (Lipinski definition) is 6. The molecule has 0 bridgehead atoms. The minimum absolute atomic E-state index is 0.0434. The molecule has 0 fully saturated rings. The number of carbonyl (C=O) groups is 1. The number of quaternary nitrogens is 1. The summed E-state index contributed by atoms with van der Waals surface area (Å²) in [6.45, 7) is 15.1. The molecule has 11 heteroatoms. The Kier molecular flexibility index (Phi) is 16.1. The monoisotopic (exact) mass is 584 g/mol. The van der Waals surface area contributed by atoms with Crippen molar-refractivity contribution in [2.24, 2.45) is 0 Å². The summed E-state index contributed by atoms with van der Waals surface area (Å²) in [5.41, 5.74) is -0.0711. The van der Waals surface area contributed by atoms with E-state index in [4.69, 9.17) is 4.55 Å². The molecule has 39 heavy (non-hydrogen) atoms. The normalized spacial score (nSPS) is 11.5. The Morgan fingerprint density at radius 2 is 1.44 bits per heavy atom. The summed E-state index contributed by atoms with van der Waals surface area (Å²) in [5.74, 6) is -0.523. The van der Waals surface area contributed by atoms with Crippen LogP contribution in [-0.2, 0) is 16.7 Å². The number of nitrogens with zero attached hydrogens (tertiary/aromatic N) is 2. The van der Waals surface area contributed by atoms with E-state index in [0.29, 0.717) is 4.88 Å². The molecule has 0 atom stereocenters. The number of carbonyl (C=O) groups excluding carboxylic acids is 1. The molecular weight excluding hydrogens is 538 g/mol. The minimum atomic E-state index is -4.26. The number of nitro groups is 1. The van der Waals surface area contributed by atoms with Crippen LogP contribution >= 0.6 is 11.3 Å². The number of non-ortho nitro benzene ring substituents is 1. The maximum Gasteiger partial charge on any atom is 0.304 e. The quantitative estimate of drug-likeness (QED) is 0.0907. The van der Waals surface area contributed by atoms with Gasteiger partial charge in [0.15, 0.2) is 0 Å². The maximum atomic E-state index is 11.9. The van der Waals surface area contributed by atoms with Crippen molar-refractivity contribution in [2.75, 3.05) is 26.2 Å². The first-order valence-electron chi connectivity index (χ1n) is 14.0. The Morgan fingerprint density at radius 1 is 0.923 bits per heavy atom. The number of hydrogen-bond donors (Lipinski definition) is 2. The molecule has 0 radical (unpaired) electrons. The fourth-order valence-corrected chi connectivity index (χ4v) is 5.92. The number of unbranched alkanes of at least 4 members (excludes halogenated alkanes) is 4. The summed E-state index contributed by atoms with van der Waals surface area (Å²) in [4.78, 5) is 22.5. The van der Waals surface area contributed by atoms with Crippen molar-refractivity contribution in [3.05, 3.63) is 57.0 Å². The largest absolute Gasteiger partial charge is 0.347 e. The lowest BCUT2D eigenvalue weighted by atomic mass is 10.1. The predicted octanol–water partition coefficient (Wildman–Crippen LogP) is 6.84. The lowest BCUT2D eigenvalue weighted by Crippen LogP contribution is -2.50. The fraction of sp³-hybridized carbons (Fsp3) is 0.607. The van der Waals surface area contributed by atoms with E-state index in [9.17, 15) is 23.3 Å². The van der Waals surface area contributed by atoms with E-state index < -0.39 is 20.9 Å².